The summed E-state index contributed by atoms with van der Waals surface area (Å²) >= 11 is 1.55. The molecule has 1 aromatic heterocycles. The van der Waals surface area contributed by atoms with Crippen molar-refractivity contribution in [1.29, 1.82) is 0 Å². The zero-order valence-corrected chi connectivity index (χ0v) is 7.73. The van der Waals surface area contributed by atoms with E-state index in [2.05, 4.69) is 10.4 Å². The third-order valence-corrected chi connectivity index (χ3v) is 2.96. The lowest BCUT2D eigenvalue weighted by Gasteiger charge is -2.12. The molecule has 0 aliphatic carbocycles. The first kappa shape index (κ1) is 7.67. The van der Waals surface area contributed by atoms with E-state index < -0.39 is 0 Å². The highest BCUT2D eigenvalue weighted by Gasteiger charge is 2.21. The second kappa shape index (κ2) is 2.52. The first-order valence-corrected chi connectivity index (χ1v) is 4.63. The lowest BCUT2D eigenvalue weighted by Crippen LogP contribution is -2.20. The number of thioether (sulfide) groups is 1. The van der Waals surface area contributed by atoms with Gasteiger partial charge in [0.1, 0.15) is 5.82 Å². The fourth-order valence-corrected chi connectivity index (χ4v) is 2.17. The third-order valence-electron chi connectivity index (χ3n) is 1.77. The number of hydrogen-bond acceptors (Lipinski definition) is 3. The average molecular weight is 183 g/mol. The number of hydrogen-bond donors (Lipinski definition) is 1. The van der Waals surface area contributed by atoms with E-state index in [1.807, 2.05) is 14.0 Å². The highest BCUT2D eigenvalue weighted by Crippen LogP contribution is 2.33. The normalized spacial score (nSPS) is 15.7. The molecule has 1 N–H and O–H groups in total. The van der Waals surface area contributed by atoms with Crippen LogP contribution in [0.5, 0.6) is 0 Å². The Balaban J connectivity index is 2.51. The van der Waals surface area contributed by atoms with Gasteiger partial charge in [0.05, 0.1) is 16.3 Å². The molecule has 0 radical (unpaired) electrons. The molecule has 0 saturated carbocycles. The van der Waals surface area contributed by atoms with Crippen LogP contribution in [-0.2, 0) is 11.8 Å². The molecule has 0 spiro atoms. The molecular formula is C7H9N3OS. The highest BCUT2D eigenvalue weighted by molar-refractivity contribution is 8.00. The highest BCUT2D eigenvalue weighted by atomic mass is 32.2. The molecule has 0 unspecified atom stereocenters. The van der Waals surface area contributed by atoms with E-state index in [4.69, 9.17) is 0 Å². The molecular weight excluding hydrogens is 174 g/mol. The SMILES string of the molecule is Cc1nn(C)c2c1SCC(=O)N2. The molecule has 1 aliphatic rings. The predicted octanol–water partition coefficient (Wildman–Crippen LogP) is 0.773. The largest absolute Gasteiger partial charge is 0.309 e. The van der Waals surface area contributed by atoms with Crippen LogP contribution in [0.25, 0.3) is 0 Å². The topological polar surface area (TPSA) is 46.9 Å². The standard InChI is InChI=1S/C7H9N3OS/c1-4-6-7(10(2)9-4)8-5(11)3-12-6/h3H2,1-2H3,(H,8,11). The van der Waals surface area contributed by atoms with Crippen LogP contribution in [0, 0.1) is 6.92 Å². The molecule has 2 rings (SSSR count). The Hall–Kier alpha value is -0.970. The van der Waals surface area contributed by atoms with E-state index >= 15 is 0 Å². The molecule has 12 heavy (non-hydrogen) atoms. The summed E-state index contributed by atoms with van der Waals surface area (Å²) in [6.45, 7) is 1.95. The van der Waals surface area contributed by atoms with Crippen LogP contribution in [0.15, 0.2) is 4.90 Å². The number of rotatable bonds is 0. The molecule has 1 amide bonds. The maximum absolute atomic E-state index is 11.0. The van der Waals surface area contributed by atoms with Crippen molar-refractivity contribution in [2.75, 3.05) is 11.1 Å². The van der Waals surface area contributed by atoms with Gasteiger partial charge in [-0.05, 0) is 6.92 Å². The van der Waals surface area contributed by atoms with Crippen LogP contribution < -0.4 is 5.32 Å². The van der Waals surface area contributed by atoms with Crippen LogP contribution in [-0.4, -0.2) is 21.4 Å². The van der Waals surface area contributed by atoms with E-state index in [0.29, 0.717) is 5.75 Å². The van der Waals surface area contributed by atoms with Crippen LogP contribution in [0.1, 0.15) is 5.69 Å². The molecule has 0 bridgehead atoms. The van der Waals surface area contributed by atoms with E-state index in [0.717, 1.165) is 16.4 Å². The molecule has 0 saturated heterocycles. The summed E-state index contributed by atoms with van der Waals surface area (Å²) in [7, 11) is 1.83. The van der Waals surface area contributed by atoms with E-state index in [1.54, 1.807) is 16.4 Å². The summed E-state index contributed by atoms with van der Waals surface area (Å²) in [5.74, 6) is 1.38. The zero-order chi connectivity index (χ0) is 8.72. The Bertz CT molecular complexity index is 345. The fraction of sp³-hybridized carbons (Fsp3) is 0.429. The lowest BCUT2D eigenvalue weighted by molar-refractivity contribution is -0.113. The number of nitrogens with one attached hydrogen (secondary N) is 1. The number of carbonyl (C=O) groups is 1. The van der Waals surface area contributed by atoms with Gasteiger partial charge in [0.2, 0.25) is 5.91 Å². The molecule has 1 aliphatic heterocycles. The smallest absolute Gasteiger partial charge is 0.235 e. The fourth-order valence-electron chi connectivity index (χ4n) is 1.26. The number of fused-ring (bicyclic) bond motifs is 1. The van der Waals surface area contributed by atoms with Gasteiger partial charge in [0, 0.05) is 7.05 Å². The third kappa shape index (κ3) is 1.01. The molecule has 2 heterocycles. The summed E-state index contributed by atoms with van der Waals surface area (Å²) in [4.78, 5) is 12.1. The minimum Gasteiger partial charge on any atom is -0.309 e. The number of aryl methyl sites for hydroxylation is 2. The quantitative estimate of drug-likeness (QED) is 0.646. The van der Waals surface area contributed by atoms with Crippen molar-refractivity contribution in [3.63, 3.8) is 0 Å². The number of nitrogens with zero attached hydrogens (tertiary/aromatic N) is 2. The van der Waals surface area contributed by atoms with Crippen LogP contribution in [0.4, 0.5) is 5.82 Å². The number of amides is 1. The Labute approximate surface area is 74.3 Å². The minimum absolute atomic E-state index is 0.0514. The first-order chi connectivity index (χ1) is 5.68. The maximum atomic E-state index is 11.0. The molecule has 4 nitrogen and oxygen atoms in total. The molecule has 5 heteroatoms. The Kier molecular flexibility index (Phi) is 1.61. The van der Waals surface area contributed by atoms with E-state index in [-0.39, 0.29) is 5.91 Å². The van der Waals surface area contributed by atoms with Crippen molar-refractivity contribution < 1.29 is 4.79 Å². The number of anilines is 1. The van der Waals surface area contributed by atoms with Gasteiger partial charge in [-0.1, -0.05) is 0 Å². The molecule has 0 fully saturated rings. The van der Waals surface area contributed by atoms with Crippen molar-refractivity contribution >= 4 is 23.5 Å². The Morgan fingerprint density at radius 1 is 1.67 bits per heavy atom. The summed E-state index contributed by atoms with van der Waals surface area (Å²) in [6, 6.07) is 0. The second-order valence-corrected chi connectivity index (χ2v) is 3.71. The van der Waals surface area contributed by atoms with Crippen LogP contribution in [0.3, 0.4) is 0 Å². The van der Waals surface area contributed by atoms with Gasteiger partial charge in [0.25, 0.3) is 0 Å². The van der Waals surface area contributed by atoms with Crippen LogP contribution in [0.2, 0.25) is 0 Å². The lowest BCUT2D eigenvalue weighted by atomic mass is 10.4. The number of carbonyl (C=O) groups excluding carboxylic acids is 1. The summed E-state index contributed by atoms with van der Waals surface area (Å²) in [5.41, 5.74) is 0.984. The van der Waals surface area contributed by atoms with Crippen molar-refractivity contribution in [3.8, 4) is 0 Å². The molecule has 0 atom stereocenters. The minimum atomic E-state index is 0.0514. The summed E-state index contributed by atoms with van der Waals surface area (Å²) in [5, 5.41) is 7.00. The van der Waals surface area contributed by atoms with Gasteiger partial charge < -0.3 is 5.32 Å². The second-order valence-electron chi connectivity index (χ2n) is 2.72. The average Bonchev–Trinajstić information content (AvgIpc) is 2.28. The van der Waals surface area contributed by atoms with Crippen LogP contribution >= 0.6 is 11.8 Å². The van der Waals surface area contributed by atoms with Gasteiger partial charge in [-0.3, -0.25) is 9.48 Å². The maximum Gasteiger partial charge on any atom is 0.235 e. The van der Waals surface area contributed by atoms with Gasteiger partial charge in [-0.25, -0.2) is 0 Å². The van der Waals surface area contributed by atoms with Gasteiger partial charge >= 0.3 is 0 Å². The molecule has 64 valence electrons. The first-order valence-electron chi connectivity index (χ1n) is 3.64. The molecule has 0 aromatic carbocycles. The van der Waals surface area contributed by atoms with Crippen molar-refractivity contribution in [1.82, 2.24) is 9.78 Å². The van der Waals surface area contributed by atoms with Gasteiger partial charge in [0.15, 0.2) is 0 Å². The Morgan fingerprint density at radius 3 is 3.17 bits per heavy atom. The van der Waals surface area contributed by atoms with Crippen molar-refractivity contribution in [2.24, 2.45) is 7.05 Å². The van der Waals surface area contributed by atoms with Crippen molar-refractivity contribution in [3.05, 3.63) is 5.69 Å². The summed E-state index contributed by atoms with van der Waals surface area (Å²) in [6.07, 6.45) is 0. The predicted molar refractivity (Wildman–Crippen MR) is 47.3 cm³/mol. The van der Waals surface area contributed by atoms with Gasteiger partial charge in [-0.2, -0.15) is 5.10 Å². The van der Waals surface area contributed by atoms with E-state index in [1.165, 1.54) is 0 Å². The summed E-state index contributed by atoms with van der Waals surface area (Å²) < 4.78 is 1.70. The molecule has 1 aromatic rings. The van der Waals surface area contributed by atoms with Gasteiger partial charge in [-0.15, -0.1) is 11.8 Å². The van der Waals surface area contributed by atoms with E-state index in [9.17, 15) is 4.79 Å². The zero-order valence-electron chi connectivity index (χ0n) is 6.92. The monoisotopic (exact) mass is 183 g/mol. The van der Waals surface area contributed by atoms with Crippen molar-refractivity contribution in [2.45, 2.75) is 11.8 Å². The number of aromatic nitrogens is 2. The Morgan fingerprint density at radius 2 is 2.42 bits per heavy atom.